The number of fused-ring (bicyclic) bond motifs is 1. The first-order chi connectivity index (χ1) is 9.33. The van der Waals surface area contributed by atoms with Crippen molar-refractivity contribution in [1.82, 2.24) is 14.4 Å². The molecule has 1 aliphatic carbocycles. The maximum absolute atomic E-state index is 4.48. The minimum Gasteiger partial charge on any atom is -0.367 e. The highest BCUT2D eigenvalue weighted by Crippen LogP contribution is 2.26. The van der Waals surface area contributed by atoms with Crippen molar-refractivity contribution in [2.75, 3.05) is 11.9 Å². The maximum Gasteiger partial charge on any atom is 0.180 e. The Bertz CT molecular complexity index is 545. The van der Waals surface area contributed by atoms with Gasteiger partial charge >= 0.3 is 0 Å². The van der Waals surface area contributed by atoms with Crippen LogP contribution in [0.1, 0.15) is 38.5 Å². The Morgan fingerprint density at radius 3 is 3.00 bits per heavy atom. The number of nitrogens with one attached hydrogen (secondary N) is 1. The minimum absolute atomic E-state index is 0.832. The van der Waals surface area contributed by atoms with E-state index >= 15 is 0 Å². The molecule has 0 bridgehead atoms. The smallest absolute Gasteiger partial charge is 0.180 e. The summed E-state index contributed by atoms with van der Waals surface area (Å²) in [6.45, 7) is 0.983. The first kappa shape index (κ1) is 12.9. The zero-order valence-electron chi connectivity index (χ0n) is 11.0. The molecule has 19 heavy (non-hydrogen) atoms. The van der Waals surface area contributed by atoms with Gasteiger partial charge in [-0.25, -0.2) is 9.97 Å². The van der Waals surface area contributed by atoms with Gasteiger partial charge in [0.05, 0.1) is 0 Å². The van der Waals surface area contributed by atoms with Crippen molar-refractivity contribution in [3.05, 3.63) is 23.2 Å². The molecule has 0 amide bonds. The molecule has 0 saturated heterocycles. The van der Waals surface area contributed by atoms with Gasteiger partial charge in [-0.05, 0) is 28.3 Å². The normalized spacial score (nSPS) is 16.9. The largest absolute Gasteiger partial charge is 0.367 e. The van der Waals surface area contributed by atoms with Crippen molar-refractivity contribution in [1.29, 1.82) is 0 Å². The van der Waals surface area contributed by atoms with Crippen LogP contribution in [-0.2, 0) is 0 Å². The summed E-state index contributed by atoms with van der Waals surface area (Å²) in [4.78, 5) is 8.82. The van der Waals surface area contributed by atoms with Crippen molar-refractivity contribution in [2.24, 2.45) is 5.92 Å². The molecule has 4 nitrogen and oxygen atoms in total. The number of halogens is 1. The first-order valence-corrected chi connectivity index (χ1v) is 7.85. The summed E-state index contributed by atoms with van der Waals surface area (Å²) in [5.74, 6) is 1.76. The van der Waals surface area contributed by atoms with E-state index in [2.05, 4.69) is 31.2 Å². The molecule has 1 saturated carbocycles. The van der Waals surface area contributed by atoms with Gasteiger partial charge in [0.2, 0.25) is 0 Å². The highest BCUT2D eigenvalue weighted by molar-refractivity contribution is 9.10. The Balaban J connectivity index is 1.63. The van der Waals surface area contributed by atoms with Crippen LogP contribution >= 0.6 is 15.9 Å². The summed E-state index contributed by atoms with van der Waals surface area (Å²) >= 11 is 3.44. The van der Waals surface area contributed by atoms with Gasteiger partial charge in [0.25, 0.3) is 0 Å². The topological polar surface area (TPSA) is 42.2 Å². The van der Waals surface area contributed by atoms with Crippen LogP contribution in [0.15, 0.2) is 23.2 Å². The lowest BCUT2D eigenvalue weighted by molar-refractivity contribution is 0.345. The molecule has 1 fully saturated rings. The van der Waals surface area contributed by atoms with Crippen LogP contribution in [0.4, 0.5) is 5.82 Å². The number of aromatic nitrogens is 3. The van der Waals surface area contributed by atoms with E-state index in [0.717, 1.165) is 28.5 Å². The quantitative estimate of drug-likeness (QED) is 0.928. The van der Waals surface area contributed by atoms with Crippen LogP contribution in [0.5, 0.6) is 0 Å². The first-order valence-electron chi connectivity index (χ1n) is 7.06. The van der Waals surface area contributed by atoms with E-state index in [-0.39, 0.29) is 0 Å². The number of hydrogen-bond acceptors (Lipinski definition) is 3. The van der Waals surface area contributed by atoms with E-state index in [9.17, 15) is 0 Å². The van der Waals surface area contributed by atoms with Gasteiger partial charge in [-0.2, -0.15) is 0 Å². The second kappa shape index (κ2) is 5.90. The molecule has 2 aromatic rings. The van der Waals surface area contributed by atoms with Crippen LogP contribution in [0.2, 0.25) is 0 Å². The summed E-state index contributed by atoms with van der Waals surface area (Å²) < 4.78 is 2.82. The van der Waals surface area contributed by atoms with Crippen LogP contribution < -0.4 is 5.32 Å². The molecular formula is C14H19BrN4. The number of imidazole rings is 1. The molecule has 0 atom stereocenters. The van der Waals surface area contributed by atoms with Crippen LogP contribution in [-0.4, -0.2) is 20.9 Å². The average molecular weight is 323 g/mol. The average Bonchev–Trinajstić information content (AvgIpc) is 2.88. The fourth-order valence-electron chi connectivity index (χ4n) is 2.89. The molecule has 0 spiro atoms. The van der Waals surface area contributed by atoms with Crippen molar-refractivity contribution in [2.45, 2.75) is 38.5 Å². The van der Waals surface area contributed by atoms with Gasteiger partial charge in [0, 0.05) is 25.1 Å². The summed E-state index contributed by atoms with van der Waals surface area (Å²) in [6, 6.07) is 0. The third kappa shape index (κ3) is 3.08. The monoisotopic (exact) mass is 322 g/mol. The third-order valence-electron chi connectivity index (χ3n) is 3.91. The van der Waals surface area contributed by atoms with Crippen LogP contribution in [0.25, 0.3) is 5.65 Å². The molecule has 2 heterocycles. The van der Waals surface area contributed by atoms with Crippen molar-refractivity contribution in [3.63, 3.8) is 0 Å². The molecule has 102 valence electrons. The number of hydrogen-bond donors (Lipinski definition) is 1. The fourth-order valence-corrected chi connectivity index (χ4v) is 3.29. The van der Waals surface area contributed by atoms with Crippen LogP contribution in [0.3, 0.4) is 0 Å². The fraction of sp³-hybridized carbons (Fsp3) is 0.571. The summed E-state index contributed by atoms with van der Waals surface area (Å²) in [5, 5.41) is 3.44. The number of anilines is 1. The number of rotatable bonds is 4. The Morgan fingerprint density at radius 2 is 2.16 bits per heavy atom. The van der Waals surface area contributed by atoms with Gasteiger partial charge in [-0.15, -0.1) is 0 Å². The Labute approximate surface area is 121 Å². The summed E-state index contributed by atoms with van der Waals surface area (Å²) in [7, 11) is 0. The molecular weight excluding hydrogens is 304 g/mol. The predicted molar refractivity (Wildman–Crippen MR) is 80.4 cm³/mol. The molecule has 1 N–H and O–H groups in total. The maximum atomic E-state index is 4.48. The third-order valence-corrected chi connectivity index (χ3v) is 4.30. The summed E-state index contributed by atoms with van der Waals surface area (Å²) in [6.07, 6.45) is 13.9. The lowest BCUT2D eigenvalue weighted by Gasteiger charge is -2.21. The van der Waals surface area contributed by atoms with Gasteiger partial charge < -0.3 is 9.72 Å². The Kier molecular flexibility index (Phi) is 4.01. The summed E-state index contributed by atoms with van der Waals surface area (Å²) in [5.41, 5.74) is 0.895. The molecule has 3 rings (SSSR count). The minimum atomic E-state index is 0.832. The van der Waals surface area contributed by atoms with Gasteiger partial charge in [0.15, 0.2) is 11.5 Å². The zero-order chi connectivity index (χ0) is 13.1. The van der Waals surface area contributed by atoms with Gasteiger partial charge in [0.1, 0.15) is 4.60 Å². The molecule has 5 heteroatoms. The molecule has 0 radical (unpaired) electrons. The Hall–Kier alpha value is -1.10. The lowest BCUT2D eigenvalue weighted by Crippen LogP contribution is -2.13. The van der Waals surface area contributed by atoms with Crippen molar-refractivity contribution < 1.29 is 0 Å². The lowest BCUT2D eigenvalue weighted by atomic mass is 9.87. The predicted octanol–water partition coefficient (Wildman–Crippen LogP) is 3.87. The molecule has 0 unspecified atom stereocenters. The molecule has 1 aliphatic rings. The van der Waals surface area contributed by atoms with Crippen molar-refractivity contribution >= 4 is 27.4 Å². The van der Waals surface area contributed by atoms with Gasteiger partial charge in [-0.3, -0.25) is 0 Å². The van der Waals surface area contributed by atoms with E-state index in [1.54, 1.807) is 6.20 Å². The highest BCUT2D eigenvalue weighted by atomic mass is 79.9. The van der Waals surface area contributed by atoms with Crippen molar-refractivity contribution in [3.8, 4) is 0 Å². The standard InChI is InChI=1S/C14H19BrN4/c15-12-10-19-9-8-17-14(19)13(18-12)16-7-6-11-4-2-1-3-5-11/h8-11H,1-7H2,(H,16,18). The van der Waals surface area contributed by atoms with E-state index in [4.69, 9.17) is 0 Å². The zero-order valence-corrected chi connectivity index (χ0v) is 12.6. The molecule has 0 aromatic carbocycles. The van der Waals surface area contributed by atoms with E-state index < -0.39 is 0 Å². The van der Waals surface area contributed by atoms with E-state index in [1.165, 1.54) is 38.5 Å². The SMILES string of the molecule is Brc1cn2ccnc2c(NCCC2CCCCC2)n1. The number of nitrogens with zero attached hydrogens (tertiary/aromatic N) is 3. The molecule has 2 aromatic heterocycles. The van der Waals surface area contributed by atoms with Gasteiger partial charge in [-0.1, -0.05) is 32.1 Å². The second-order valence-corrected chi connectivity index (χ2v) is 6.10. The Morgan fingerprint density at radius 1 is 1.32 bits per heavy atom. The van der Waals surface area contributed by atoms with E-state index in [0.29, 0.717) is 0 Å². The molecule has 0 aliphatic heterocycles. The second-order valence-electron chi connectivity index (χ2n) is 5.29. The van der Waals surface area contributed by atoms with E-state index in [1.807, 2.05) is 16.8 Å². The highest BCUT2D eigenvalue weighted by Gasteiger charge is 2.13. The van der Waals surface area contributed by atoms with Crippen LogP contribution in [0, 0.1) is 5.92 Å².